The Morgan fingerprint density at radius 1 is 1.20 bits per heavy atom. The number of ether oxygens (including phenoxy) is 2. The van der Waals surface area contributed by atoms with Gasteiger partial charge in [0, 0.05) is 18.7 Å². The van der Waals surface area contributed by atoms with Crippen molar-refractivity contribution < 1.29 is 19.1 Å². The van der Waals surface area contributed by atoms with Gasteiger partial charge in [-0.05, 0) is 50.3 Å². The molecule has 1 unspecified atom stereocenters. The standard InChI is InChI=1S/C20H29NO4/c1-4-6-16-7-5-11-21(12-10-16)20(23)14-25-18-9-8-17(15(2)22)13-19(18)24-3/h8-9,13,16H,4-7,10-12,14H2,1-3H3. The Balaban J connectivity index is 1.92. The van der Waals surface area contributed by atoms with E-state index in [0.717, 1.165) is 31.8 Å². The fraction of sp³-hybridized carbons (Fsp3) is 0.600. The molecule has 1 amide bonds. The van der Waals surface area contributed by atoms with Crippen molar-refractivity contribution in [3.63, 3.8) is 0 Å². The molecule has 1 saturated heterocycles. The van der Waals surface area contributed by atoms with Crippen LogP contribution >= 0.6 is 0 Å². The number of ketones is 1. The second-order valence-electron chi connectivity index (χ2n) is 6.68. The highest BCUT2D eigenvalue weighted by Crippen LogP contribution is 2.28. The van der Waals surface area contributed by atoms with Crippen LogP contribution in [0.1, 0.15) is 56.3 Å². The van der Waals surface area contributed by atoms with E-state index in [4.69, 9.17) is 9.47 Å². The third kappa shape index (κ3) is 5.48. The van der Waals surface area contributed by atoms with Gasteiger partial charge in [0.25, 0.3) is 5.91 Å². The molecule has 0 radical (unpaired) electrons. The molecule has 138 valence electrons. The molecule has 1 heterocycles. The minimum absolute atomic E-state index is 0.00573. The minimum Gasteiger partial charge on any atom is -0.493 e. The van der Waals surface area contributed by atoms with Crippen LogP contribution in [0.25, 0.3) is 0 Å². The Morgan fingerprint density at radius 2 is 2.00 bits per heavy atom. The molecule has 1 aromatic rings. The van der Waals surface area contributed by atoms with E-state index in [2.05, 4.69) is 6.92 Å². The van der Waals surface area contributed by atoms with E-state index in [-0.39, 0.29) is 18.3 Å². The predicted molar refractivity (Wildman–Crippen MR) is 97.3 cm³/mol. The first kappa shape index (κ1) is 19.3. The van der Waals surface area contributed by atoms with Crippen LogP contribution in [0.3, 0.4) is 0 Å². The topological polar surface area (TPSA) is 55.8 Å². The highest BCUT2D eigenvalue weighted by atomic mass is 16.5. The van der Waals surface area contributed by atoms with Crippen molar-refractivity contribution in [2.24, 2.45) is 5.92 Å². The summed E-state index contributed by atoms with van der Waals surface area (Å²) in [6, 6.07) is 5.01. The summed E-state index contributed by atoms with van der Waals surface area (Å²) < 4.78 is 10.9. The number of benzene rings is 1. The molecule has 0 N–H and O–H groups in total. The number of carbonyl (C=O) groups excluding carboxylic acids is 2. The second kappa shape index (κ2) is 9.44. The maximum atomic E-state index is 12.5. The lowest BCUT2D eigenvalue weighted by Gasteiger charge is -2.21. The maximum Gasteiger partial charge on any atom is 0.260 e. The van der Waals surface area contributed by atoms with Crippen molar-refractivity contribution >= 4 is 11.7 Å². The molecule has 0 aliphatic carbocycles. The van der Waals surface area contributed by atoms with E-state index in [0.29, 0.717) is 17.1 Å². The third-order valence-electron chi connectivity index (χ3n) is 4.82. The SMILES string of the molecule is CCCC1CCCN(C(=O)COc2ccc(C(C)=O)cc2OC)CC1. The molecule has 5 nitrogen and oxygen atoms in total. The molecule has 0 aromatic heterocycles. The van der Waals surface area contributed by atoms with Gasteiger partial charge in [0.15, 0.2) is 23.9 Å². The van der Waals surface area contributed by atoms with Gasteiger partial charge in [-0.15, -0.1) is 0 Å². The molecule has 1 aliphatic heterocycles. The Morgan fingerprint density at radius 3 is 2.68 bits per heavy atom. The van der Waals surface area contributed by atoms with Crippen molar-refractivity contribution in [3.05, 3.63) is 23.8 Å². The van der Waals surface area contributed by atoms with Crippen molar-refractivity contribution in [2.75, 3.05) is 26.8 Å². The van der Waals surface area contributed by atoms with Crippen LogP contribution < -0.4 is 9.47 Å². The second-order valence-corrected chi connectivity index (χ2v) is 6.68. The molecule has 25 heavy (non-hydrogen) atoms. The quantitative estimate of drug-likeness (QED) is 0.706. The number of amides is 1. The zero-order valence-electron chi connectivity index (χ0n) is 15.5. The number of hydrogen-bond donors (Lipinski definition) is 0. The van der Waals surface area contributed by atoms with Crippen LogP contribution in [-0.4, -0.2) is 43.4 Å². The van der Waals surface area contributed by atoms with Gasteiger partial charge in [-0.3, -0.25) is 9.59 Å². The van der Waals surface area contributed by atoms with Crippen LogP contribution in [0.2, 0.25) is 0 Å². The lowest BCUT2D eigenvalue weighted by Crippen LogP contribution is -2.35. The van der Waals surface area contributed by atoms with E-state index in [9.17, 15) is 9.59 Å². The molecule has 0 saturated carbocycles. The van der Waals surface area contributed by atoms with E-state index in [1.807, 2.05) is 4.90 Å². The summed E-state index contributed by atoms with van der Waals surface area (Å²) in [4.78, 5) is 25.8. The van der Waals surface area contributed by atoms with Crippen LogP contribution in [0.5, 0.6) is 11.5 Å². The van der Waals surface area contributed by atoms with Crippen molar-refractivity contribution in [2.45, 2.75) is 46.0 Å². The monoisotopic (exact) mass is 347 g/mol. The lowest BCUT2D eigenvalue weighted by atomic mass is 9.96. The first-order valence-corrected chi connectivity index (χ1v) is 9.14. The molecular formula is C20H29NO4. The Hall–Kier alpha value is -2.04. The van der Waals surface area contributed by atoms with Crippen molar-refractivity contribution in [1.29, 1.82) is 0 Å². The number of Topliss-reactive ketones (excluding diaryl/α,β-unsaturated/α-hetero) is 1. The molecule has 1 atom stereocenters. The largest absolute Gasteiger partial charge is 0.493 e. The Labute approximate surface area is 150 Å². The first-order valence-electron chi connectivity index (χ1n) is 9.14. The number of rotatable bonds is 7. The summed E-state index contributed by atoms with van der Waals surface area (Å²) in [5, 5.41) is 0. The third-order valence-corrected chi connectivity index (χ3v) is 4.82. The number of nitrogens with zero attached hydrogens (tertiary/aromatic N) is 1. The fourth-order valence-electron chi connectivity index (χ4n) is 3.35. The van der Waals surface area contributed by atoms with Gasteiger partial charge in [0.2, 0.25) is 0 Å². The highest BCUT2D eigenvalue weighted by molar-refractivity contribution is 5.94. The Kier molecular flexibility index (Phi) is 7.29. The number of carbonyl (C=O) groups is 2. The van der Waals surface area contributed by atoms with Crippen LogP contribution in [0.15, 0.2) is 18.2 Å². The average molecular weight is 347 g/mol. The molecule has 1 aliphatic rings. The molecular weight excluding hydrogens is 318 g/mol. The van der Waals surface area contributed by atoms with Gasteiger partial charge in [-0.1, -0.05) is 19.8 Å². The summed E-state index contributed by atoms with van der Waals surface area (Å²) in [6.45, 7) is 5.33. The lowest BCUT2D eigenvalue weighted by molar-refractivity contribution is -0.133. The van der Waals surface area contributed by atoms with Crippen LogP contribution in [-0.2, 0) is 4.79 Å². The zero-order chi connectivity index (χ0) is 18.2. The van der Waals surface area contributed by atoms with E-state index < -0.39 is 0 Å². The van der Waals surface area contributed by atoms with Gasteiger partial charge >= 0.3 is 0 Å². The Bertz CT molecular complexity index is 599. The summed E-state index contributed by atoms with van der Waals surface area (Å²) in [6.07, 6.45) is 5.80. The average Bonchev–Trinajstić information content (AvgIpc) is 2.85. The highest BCUT2D eigenvalue weighted by Gasteiger charge is 2.21. The van der Waals surface area contributed by atoms with Gasteiger partial charge in [-0.2, -0.15) is 0 Å². The molecule has 0 spiro atoms. The van der Waals surface area contributed by atoms with Gasteiger partial charge in [0.05, 0.1) is 7.11 Å². The van der Waals surface area contributed by atoms with E-state index in [1.165, 1.54) is 33.3 Å². The predicted octanol–water partition coefficient (Wildman–Crippen LogP) is 3.71. The van der Waals surface area contributed by atoms with E-state index >= 15 is 0 Å². The number of hydrogen-bond acceptors (Lipinski definition) is 4. The molecule has 0 bridgehead atoms. The molecule has 5 heteroatoms. The van der Waals surface area contributed by atoms with Gasteiger partial charge < -0.3 is 14.4 Å². The number of methoxy groups -OCH3 is 1. The zero-order valence-corrected chi connectivity index (χ0v) is 15.5. The summed E-state index contributed by atoms with van der Waals surface area (Å²) in [7, 11) is 1.52. The maximum absolute atomic E-state index is 12.5. The summed E-state index contributed by atoms with van der Waals surface area (Å²) in [5.74, 6) is 1.67. The normalized spacial score (nSPS) is 17.7. The van der Waals surface area contributed by atoms with Crippen LogP contribution in [0.4, 0.5) is 0 Å². The summed E-state index contributed by atoms with van der Waals surface area (Å²) >= 11 is 0. The van der Waals surface area contributed by atoms with Crippen LogP contribution in [0, 0.1) is 5.92 Å². The van der Waals surface area contributed by atoms with E-state index in [1.54, 1.807) is 18.2 Å². The first-order chi connectivity index (χ1) is 12.0. The minimum atomic E-state index is -0.0351. The van der Waals surface area contributed by atoms with Crippen molar-refractivity contribution in [3.8, 4) is 11.5 Å². The van der Waals surface area contributed by atoms with Gasteiger partial charge in [-0.25, -0.2) is 0 Å². The molecule has 1 fully saturated rings. The van der Waals surface area contributed by atoms with Gasteiger partial charge in [0.1, 0.15) is 0 Å². The smallest absolute Gasteiger partial charge is 0.260 e. The van der Waals surface area contributed by atoms with Crippen molar-refractivity contribution in [1.82, 2.24) is 4.90 Å². The molecule has 2 rings (SSSR count). The summed E-state index contributed by atoms with van der Waals surface area (Å²) in [5.41, 5.74) is 0.560. The molecule has 1 aromatic carbocycles. The fourth-order valence-corrected chi connectivity index (χ4v) is 3.35. The number of likely N-dealkylation sites (tertiary alicyclic amines) is 1.